The summed E-state index contributed by atoms with van der Waals surface area (Å²) in [6.07, 6.45) is 2.76. The second-order valence-corrected chi connectivity index (χ2v) is 7.11. The molecule has 0 spiro atoms. The smallest absolute Gasteiger partial charge is 0.0247 e. The lowest BCUT2D eigenvalue weighted by Crippen LogP contribution is -2.29. The number of benzene rings is 1. The first-order valence-electron chi connectivity index (χ1n) is 7.82. The minimum absolute atomic E-state index is 0.738. The van der Waals surface area contributed by atoms with E-state index in [9.17, 15) is 0 Å². The molecular formula is C17H27BrN2. The molecule has 0 aliphatic heterocycles. The monoisotopic (exact) mass is 338 g/mol. The zero-order chi connectivity index (χ0) is 14.5. The normalized spacial score (nSPS) is 15.3. The van der Waals surface area contributed by atoms with E-state index in [4.69, 9.17) is 0 Å². The topological polar surface area (TPSA) is 15.3 Å². The van der Waals surface area contributed by atoms with Gasteiger partial charge in [-0.1, -0.05) is 48.8 Å². The van der Waals surface area contributed by atoms with Gasteiger partial charge in [0.05, 0.1) is 0 Å². The van der Waals surface area contributed by atoms with E-state index >= 15 is 0 Å². The van der Waals surface area contributed by atoms with E-state index in [-0.39, 0.29) is 0 Å². The van der Waals surface area contributed by atoms with Crippen molar-refractivity contribution >= 4 is 15.9 Å². The van der Waals surface area contributed by atoms with Crippen LogP contribution in [0.5, 0.6) is 0 Å². The van der Waals surface area contributed by atoms with Crippen molar-refractivity contribution in [2.45, 2.75) is 52.7 Å². The van der Waals surface area contributed by atoms with Crippen molar-refractivity contribution in [2.24, 2.45) is 5.92 Å². The zero-order valence-electron chi connectivity index (χ0n) is 13.0. The molecule has 0 bridgehead atoms. The number of hydrogen-bond acceptors (Lipinski definition) is 2. The molecule has 0 aromatic heterocycles. The maximum atomic E-state index is 3.75. The molecule has 1 saturated carbocycles. The lowest BCUT2D eigenvalue weighted by Gasteiger charge is -2.24. The molecule has 1 N–H and O–H groups in total. The van der Waals surface area contributed by atoms with Crippen LogP contribution in [-0.2, 0) is 13.1 Å². The summed E-state index contributed by atoms with van der Waals surface area (Å²) in [5, 5.41) is 3.38. The first-order valence-corrected chi connectivity index (χ1v) is 8.61. The van der Waals surface area contributed by atoms with Crippen LogP contribution in [-0.4, -0.2) is 24.0 Å². The molecule has 2 nitrogen and oxygen atoms in total. The summed E-state index contributed by atoms with van der Waals surface area (Å²) in [6, 6.07) is 7.62. The summed E-state index contributed by atoms with van der Waals surface area (Å²) in [5.74, 6) is 0.738. The fourth-order valence-corrected chi connectivity index (χ4v) is 3.12. The van der Waals surface area contributed by atoms with Crippen LogP contribution < -0.4 is 5.32 Å². The molecule has 1 aromatic rings. The Hall–Kier alpha value is -0.380. The van der Waals surface area contributed by atoms with E-state index in [1.54, 1.807) is 0 Å². The van der Waals surface area contributed by atoms with E-state index in [1.165, 1.54) is 35.0 Å². The molecular weight excluding hydrogens is 312 g/mol. The fraction of sp³-hybridized carbons (Fsp3) is 0.647. The fourth-order valence-electron chi connectivity index (χ4n) is 2.57. The Morgan fingerprint density at radius 2 is 2.10 bits per heavy atom. The van der Waals surface area contributed by atoms with Gasteiger partial charge >= 0.3 is 0 Å². The van der Waals surface area contributed by atoms with Crippen LogP contribution in [0.3, 0.4) is 0 Å². The van der Waals surface area contributed by atoms with E-state index < -0.39 is 0 Å². The van der Waals surface area contributed by atoms with Gasteiger partial charge < -0.3 is 5.32 Å². The minimum Gasteiger partial charge on any atom is -0.313 e. The summed E-state index contributed by atoms with van der Waals surface area (Å²) in [7, 11) is 0. The molecule has 0 heterocycles. The molecule has 2 rings (SSSR count). The van der Waals surface area contributed by atoms with Crippen LogP contribution in [0.4, 0.5) is 0 Å². The Morgan fingerprint density at radius 3 is 2.65 bits per heavy atom. The largest absolute Gasteiger partial charge is 0.313 e. The Morgan fingerprint density at radius 1 is 1.35 bits per heavy atom. The summed E-state index contributed by atoms with van der Waals surface area (Å²) in [4.78, 5) is 2.65. The molecule has 0 unspecified atom stereocenters. The quantitative estimate of drug-likeness (QED) is 0.764. The number of nitrogens with one attached hydrogen (secondary N) is 1. The lowest BCUT2D eigenvalue weighted by atomic mass is 10.1. The molecule has 1 fully saturated rings. The highest BCUT2D eigenvalue weighted by atomic mass is 79.9. The molecule has 0 radical (unpaired) electrons. The Bertz CT molecular complexity index is 427. The highest BCUT2D eigenvalue weighted by molar-refractivity contribution is 9.10. The Kier molecular flexibility index (Phi) is 6.06. The van der Waals surface area contributed by atoms with Crippen molar-refractivity contribution in [3.8, 4) is 0 Å². The number of nitrogens with zero attached hydrogens (tertiary/aromatic N) is 1. The van der Waals surface area contributed by atoms with Crippen LogP contribution in [0, 0.1) is 5.92 Å². The van der Waals surface area contributed by atoms with Gasteiger partial charge in [0.1, 0.15) is 0 Å². The van der Waals surface area contributed by atoms with Gasteiger partial charge in [-0.3, -0.25) is 4.90 Å². The van der Waals surface area contributed by atoms with Crippen LogP contribution in [0.2, 0.25) is 0 Å². The molecule has 20 heavy (non-hydrogen) atoms. The number of rotatable bonds is 8. The van der Waals surface area contributed by atoms with Crippen molar-refractivity contribution in [3.05, 3.63) is 33.8 Å². The number of halogens is 1. The van der Waals surface area contributed by atoms with Crippen molar-refractivity contribution in [3.63, 3.8) is 0 Å². The van der Waals surface area contributed by atoms with Crippen LogP contribution in [0.25, 0.3) is 0 Å². The predicted octanol–water partition coefficient (Wildman–Crippen LogP) is 4.18. The van der Waals surface area contributed by atoms with Crippen LogP contribution in [0.1, 0.15) is 44.7 Å². The molecule has 112 valence electrons. The Labute approximate surface area is 132 Å². The molecule has 1 aliphatic rings. The van der Waals surface area contributed by atoms with Gasteiger partial charge in [-0.05, 0) is 42.5 Å². The molecule has 3 heteroatoms. The first kappa shape index (κ1) is 16.0. The summed E-state index contributed by atoms with van der Waals surface area (Å²) in [5.41, 5.74) is 2.77. The average molecular weight is 339 g/mol. The second-order valence-electron chi connectivity index (χ2n) is 6.26. The van der Waals surface area contributed by atoms with Gasteiger partial charge in [0.15, 0.2) is 0 Å². The predicted molar refractivity (Wildman–Crippen MR) is 89.8 cm³/mol. The van der Waals surface area contributed by atoms with E-state index in [1.807, 2.05) is 0 Å². The van der Waals surface area contributed by atoms with Crippen LogP contribution in [0.15, 0.2) is 22.7 Å². The van der Waals surface area contributed by atoms with Crippen molar-refractivity contribution < 1.29 is 0 Å². The van der Waals surface area contributed by atoms with Gasteiger partial charge in [0.25, 0.3) is 0 Å². The standard InChI is InChI=1S/C17H27BrN2/c1-4-19-10-14-5-6-15(17(18)9-14)12-20(11-13(2)3)16-7-8-16/h5-6,9,13,16,19H,4,7-8,10-12H2,1-3H3. The van der Waals surface area contributed by atoms with Gasteiger partial charge in [-0.2, -0.15) is 0 Å². The SMILES string of the molecule is CCNCc1ccc(CN(CC(C)C)C2CC2)c(Br)c1. The van der Waals surface area contributed by atoms with Crippen molar-refractivity contribution in [1.29, 1.82) is 0 Å². The van der Waals surface area contributed by atoms with Gasteiger partial charge in [-0.25, -0.2) is 0 Å². The average Bonchev–Trinajstić information content (AvgIpc) is 3.22. The first-order chi connectivity index (χ1) is 9.60. The van der Waals surface area contributed by atoms with E-state index in [2.05, 4.69) is 65.1 Å². The third-order valence-corrected chi connectivity index (χ3v) is 4.47. The molecule has 0 atom stereocenters. The van der Waals surface area contributed by atoms with Gasteiger partial charge in [0.2, 0.25) is 0 Å². The van der Waals surface area contributed by atoms with Gasteiger partial charge in [-0.15, -0.1) is 0 Å². The maximum Gasteiger partial charge on any atom is 0.0247 e. The molecule has 0 saturated heterocycles. The molecule has 1 aliphatic carbocycles. The van der Waals surface area contributed by atoms with Crippen molar-refractivity contribution in [1.82, 2.24) is 10.2 Å². The minimum atomic E-state index is 0.738. The number of hydrogen-bond donors (Lipinski definition) is 1. The summed E-state index contributed by atoms with van der Waals surface area (Å²) < 4.78 is 1.25. The third-order valence-electron chi connectivity index (χ3n) is 3.73. The highest BCUT2D eigenvalue weighted by Crippen LogP contribution is 2.30. The maximum absolute atomic E-state index is 3.75. The Balaban J connectivity index is 2.00. The lowest BCUT2D eigenvalue weighted by molar-refractivity contribution is 0.225. The molecule has 1 aromatic carbocycles. The van der Waals surface area contributed by atoms with Gasteiger partial charge in [0, 0.05) is 30.1 Å². The molecule has 0 amide bonds. The highest BCUT2D eigenvalue weighted by Gasteiger charge is 2.29. The summed E-state index contributed by atoms with van der Waals surface area (Å²) in [6.45, 7) is 11.0. The third kappa shape index (κ3) is 4.87. The van der Waals surface area contributed by atoms with E-state index in [0.717, 1.165) is 31.6 Å². The zero-order valence-corrected chi connectivity index (χ0v) is 14.5. The van der Waals surface area contributed by atoms with Crippen LogP contribution >= 0.6 is 15.9 Å². The second kappa shape index (κ2) is 7.58. The summed E-state index contributed by atoms with van der Waals surface area (Å²) >= 11 is 3.75. The van der Waals surface area contributed by atoms with Crippen molar-refractivity contribution in [2.75, 3.05) is 13.1 Å². The van der Waals surface area contributed by atoms with E-state index in [0.29, 0.717) is 0 Å².